The van der Waals surface area contributed by atoms with Crippen molar-refractivity contribution in [3.63, 3.8) is 0 Å². The number of carbonyl (C=O) groups is 1. The smallest absolute Gasteiger partial charge is 0.350 e. The average Bonchev–Trinajstić information content (AvgIpc) is 2.55. The molecule has 0 saturated heterocycles. The summed E-state index contributed by atoms with van der Waals surface area (Å²) < 4.78 is 4.86. The van der Waals surface area contributed by atoms with Crippen LogP contribution in [-0.4, -0.2) is 26.7 Å². The molecule has 1 rings (SSSR count). The Hall–Kier alpha value is -1.74. The van der Waals surface area contributed by atoms with Crippen LogP contribution in [0.4, 0.5) is 10.7 Å². The van der Waals surface area contributed by atoms with E-state index in [4.69, 9.17) is 15.7 Å². The second-order valence-electron chi connectivity index (χ2n) is 3.25. The van der Waals surface area contributed by atoms with E-state index in [0.29, 0.717) is 15.4 Å². The molecule has 0 bridgehead atoms. The van der Waals surface area contributed by atoms with E-state index in [1.807, 2.05) is 6.07 Å². The fourth-order valence-electron chi connectivity index (χ4n) is 1.20. The molecule has 0 fully saturated rings. The van der Waals surface area contributed by atoms with Gasteiger partial charge in [-0.15, -0.1) is 11.3 Å². The third kappa shape index (κ3) is 2.09. The Labute approximate surface area is 98.0 Å². The molecule has 0 unspecified atom stereocenters. The second kappa shape index (κ2) is 4.86. The Bertz CT molecular complexity index is 446. The molecule has 0 spiro atoms. The van der Waals surface area contributed by atoms with Crippen LogP contribution >= 0.6 is 11.3 Å². The number of rotatable bonds is 3. The molecule has 0 aliphatic heterocycles. The Morgan fingerprint density at radius 3 is 2.62 bits per heavy atom. The van der Waals surface area contributed by atoms with Gasteiger partial charge in [-0.05, 0) is 6.92 Å². The van der Waals surface area contributed by atoms with Crippen LogP contribution in [0.5, 0.6) is 0 Å². The number of thiophene rings is 1. The molecule has 16 heavy (non-hydrogen) atoms. The molecule has 1 aromatic rings. The minimum absolute atomic E-state index is 0.203. The number of anilines is 2. The molecule has 0 amide bonds. The maximum Gasteiger partial charge on any atom is 0.350 e. The molecule has 1 heterocycles. The summed E-state index contributed by atoms with van der Waals surface area (Å²) in [5.41, 5.74) is 6.28. The predicted octanol–water partition coefficient (Wildman–Crippen LogP) is 1.44. The van der Waals surface area contributed by atoms with E-state index in [0.717, 1.165) is 0 Å². The molecule has 2 N–H and O–H groups in total. The molecule has 5 nitrogen and oxygen atoms in total. The molecule has 6 heteroatoms. The van der Waals surface area contributed by atoms with Crippen molar-refractivity contribution in [3.05, 3.63) is 10.4 Å². The minimum Gasteiger partial charge on any atom is -0.462 e. The van der Waals surface area contributed by atoms with Crippen molar-refractivity contribution in [1.29, 1.82) is 5.26 Å². The number of nitrogens with two attached hydrogens (primary N) is 1. The molecule has 0 saturated carbocycles. The quantitative estimate of drug-likeness (QED) is 0.807. The Balaban J connectivity index is 3.24. The van der Waals surface area contributed by atoms with Crippen molar-refractivity contribution in [2.45, 2.75) is 6.92 Å². The number of hydrogen-bond acceptors (Lipinski definition) is 6. The maximum absolute atomic E-state index is 11.5. The highest BCUT2D eigenvalue weighted by molar-refractivity contribution is 7.18. The van der Waals surface area contributed by atoms with E-state index in [1.165, 1.54) is 11.3 Å². The zero-order valence-corrected chi connectivity index (χ0v) is 10.2. The van der Waals surface area contributed by atoms with Crippen LogP contribution in [0.2, 0.25) is 0 Å². The number of ether oxygens (including phenoxy) is 1. The zero-order valence-electron chi connectivity index (χ0n) is 9.40. The van der Waals surface area contributed by atoms with Gasteiger partial charge in [0.05, 0.1) is 12.3 Å². The van der Waals surface area contributed by atoms with Gasteiger partial charge in [-0.3, -0.25) is 0 Å². The molecule has 0 aliphatic rings. The summed E-state index contributed by atoms with van der Waals surface area (Å²) >= 11 is 1.17. The fraction of sp³-hybridized carbons (Fsp3) is 0.400. The summed E-state index contributed by atoms with van der Waals surface area (Å²) in [6.45, 7) is 2.01. The van der Waals surface area contributed by atoms with Crippen LogP contribution in [0.3, 0.4) is 0 Å². The van der Waals surface area contributed by atoms with E-state index < -0.39 is 5.97 Å². The van der Waals surface area contributed by atoms with Crippen LogP contribution in [0.1, 0.15) is 22.2 Å². The molecule has 86 valence electrons. The van der Waals surface area contributed by atoms with Crippen molar-refractivity contribution in [1.82, 2.24) is 0 Å². The van der Waals surface area contributed by atoms with Crippen molar-refractivity contribution in [2.24, 2.45) is 0 Å². The van der Waals surface area contributed by atoms with Crippen molar-refractivity contribution >= 4 is 28.0 Å². The number of nitrogen functional groups attached to an aromatic ring is 1. The predicted molar refractivity (Wildman–Crippen MR) is 63.7 cm³/mol. The van der Waals surface area contributed by atoms with Gasteiger partial charge >= 0.3 is 5.97 Å². The molecule has 0 aliphatic carbocycles. The van der Waals surface area contributed by atoms with E-state index in [1.54, 1.807) is 25.9 Å². The average molecular weight is 239 g/mol. The highest BCUT2D eigenvalue weighted by Gasteiger charge is 2.22. The van der Waals surface area contributed by atoms with Crippen LogP contribution in [-0.2, 0) is 4.74 Å². The van der Waals surface area contributed by atoms with Gasteiger partial charge < -0.3 is 15.4 Å². The first-order chi connectivity index (χ1) is 7.52. The fourth-order valence-corrected chi connectivity index (χ4v) is 2.19. The van der Waals surface area contributed by atoms with Crippen LogP contribution in [0, 0.1) is 11.3 Å². The van der Waals surface area contributed by atoms with Crippen molar-refractivity contribution < 1.29 is 9.53 Å². The summed E-state index contributed by atoms with van der Waals surface area (Å²) in [6, 6.07) is 2.00. The molecular formula is C10H13N3O2S. The zero-order chi connectivity index (χ0) is 12.3. The molecule has 0 atom stereocenters. The van der Waals surface area contributed by atoms with Gasteiger partial charge in [-0.2, -0.15) is 5.26 Å². The van der Waals surface area contributed by atoms with Gasteiger partial charge in [-0.1, -0.05) is 0 Å². The van der Waals surface area contributed by atoms with Gasteiger partial charge in [0, 0.05) is 14.1 Å². The summed E-state index contributed by atoms with van der Waals surface area (Å²) in [5.74, 6) is -0.477. The lowest BCUT2D eigenvalue weighted by Crippen LogP contribution is -2.08. The van der Waals surface area contributed by atoms with Crippen LogP contribution in [0.25, 0.3) is 0 Å². The third-order valence-corrected chi connectivity index (χ3v) is 3.26. The SMILES string of the molecule is CCOC(=O)c1sc(N(C)C)c(C#N)c1N. The van der Waals surface area contributed by atoms with Gasteiger partial charge in [0.15, 0.2) is 0 Å². The van der Waals surface area contributed by atoms with E-state index in [-0.39, 0.29) is 12.3 Å². The van der Waals surface area contributed by atoms with Gasteiger partial charge in [0.1, 0.15) is 21.5 Å². The first-order valence-electron chi connectivity index (χ1n) is 4.69. The standard InChI is InChI=1S/C10H13N3O2S/c1-4-15-10(14)8-7(12)6(5-11)9(16-8)13(2)3/h4,12H2,1-3H3. The van der Waals surface area contributed by atoms with Gasteiger partial charge in [-0.25, -0.2) is 4.79 Å². The molecular weight excluding hydrogens is 226 g/mol. The molecule has 1 aromatic heterocycles. The lowest BCUT2D eigenvalue weighted by Gasteiger charge is -2.08. The lowest BCUT2D eigenvalue weighted by molar-refractivity contribution is 0.0533. The first kappa shape index (κ1) is 12.3. The number of esters is 1. The first-order valence-corrected chi connectivity index (χ1v) is 5.51. The van der Waals surface area contributed by atoms with Gasteiger partial charge in [0.2, 0.25) is 0 Å². The molecule has 0 aromatic carbocycles. The number of carbonyl (C=O) groups excluding carboxylic acids is 1. The third-order valence-electron chi connectivity index (χ3n) is 1.91. The van der Waals surface area contributed by atoms with Crippen LogP contribution in [0.15, 0.2) is 0 Å². The van der Waals surface area contributed by atoms with E-state index in [9.17, 15) is 4.79 Å². The topological polar surface area (TPSA) is 79.3 Å². The Morgan fingerprint density at radius 2 is 2.25 bits per heavy atom. The van der Waals surface area contributed by atoms with E-state index in [2.05, 4.69) is 0 Å². The largest absolute Gasteiger partial charge is 0.462 e. The summed E-state index contributed by atoms with van der Waals surface area (Å²) in [6.07, 6.45) is 0. The minimum atomic E-state index is -0.477. The van der Waals surface area contributed by atoms with Crippen molar-refractivity contribution in [2.75, 3.05) is 31.3 Å². The Morgan fingerprint density at radius 1 is 1.62 bits per heavy atom. The number of nitriles is 1. The molecule has 0 radical (unpaired) electrons. The monoisotopic (exact) mass is 239 g/mol. The normalized spacial score (nSPS) is 9.62. The number of hydrogen-bond donors (Lipinski definition) is 1. The second-order valence-corrected chi connectivity index (χ2v) is 4.25. The highest BCUT2D eigenvalue weighted by atomic mass is 32.1. The highest BCUT2D eigenvalue weighted by Crippen LogP contribution is 2.37. The van der Waals surface area contributed by atoms with Crippen LogP contribution < -0.4 is 10.6 Å². The summed E-state index contributed by atoms with van der Waals surface area (Å²) in [5, 5.41) is 9.64. The lowest BCUT2D eigenvalue weighted by atomic mass is 10.2. The van der Waals surface area contributed by atoms with Gasteiger partial charge in [0.25, 0.3) is 0 Å². The van der Waals surface area contributed by atoms with E-state index >= 15 is 0 Å². The number of nitrogens with zero attached hydrogens (tertiary/aromatic N) is 2. The maximum atomic E-state index is 11.5. The Kier molecular flexibility index (Phi) is 3.74. The summed E-state index contributed by atoms with van der Waals surface area (Å²) in [4.78, 5) is 13.6. The van der Waals surface area contributed by atoms with Crippen molar-refractivity contribution in [3.8, 4) is 6.07 Å². The summed E-state index contributed by atoms with van der Waals surface area (Å²) in [7, 11) is 3.59.